The van der Waals surface area contributed by atoms with Gasteiger partial charge in [0.05, 0.1) is 11.4 Å². The van der Waals surface area contributed by atoms with Crippen molar-refractivity contribution in [2.24, 2.45) is 9.98 Å². The fraction of sp³-hybridized carbons (Fsp3) is 0.0667. The van der Waals surface area contributed by atoms with E-state index in [4.69, 9.17) is 0 Å². The first-order chi connectivity index (χ1) is 8.36. The Bertz CT molecular complexity index is 528. The number of benzene rings is 2. The Balaban J connectivity index is 2.04. The normalized spacial score (nSPS) is 11.4. The van der Waals surface area contributed by atoms with E-state index in [2.05, 4.69) is 9.98 Å². The first-order valence-electron chi connectivity index (χ1n) is 5.53. The van der Waals surface area contributed by atoms with Crippen molar-refractivity contribution in [1.82, 2.24) is 0 Å². The fourth-order valence-electron chi connectivity index (χ4n) is 1.46. The maximum Gasteiger partial charge on any atom is 0.0659 e. The Hall–Kier alpha value is -2.22. The van der Waals surface area contributed by atoms with Gasteiger partial charge in [0.1, 0.15) is 0 Å². The van der Waals surface area contributed by atoms with Gasteiger partial charge in [-0.25, -0.2) is 0 Å². The van der Waals surface area contributed by atoms with Gasteiger partial charge in [0, 0.05) is 12.4 Å². The molecule has 84 valence electrons. The van der Waals surface area contributed by atoms with Crippen molar-refractivity contribution in [3.8, 4) is 0 Å². The number of hydrogen-bond acceptors (Lipinski definition) is 2. The summed E-state index contributed by atoms with van der Waals surface area (Å²) in [5.41, 5.74) is 3.08. The number of rotatable bonds is 3. The van der Waals surface area contributed by atoms with E-state index in [1.165, 1.54) is 0 Å². The van der Waals surface area contributed by atoms with Crippen LogP contribution in [0.4, 0.5) is 11.4 Å². The van der Waals surface area contributed by atoms with Gasteiger partial charge in [0.25, 0.3) is 0 Å². The van der Waals surface area contributed by atoms with E-state index in [-0.39, 0.29) is 0 Å². The molecule has 0 N–H and O–H groups in total. The average Bonchev–Trinajstić information content (AvgIpc) is 2.38. The molecular weight excluding hydrogens is 208 g/mol. The van der Waals surface area contributed by atoms with Crippen LogP contribution in [0.25, 0.3) is 0 Å². The van der Waals surface area contributed by atoms with Crippen molar-refractivity contribution in [2.45, 2.75) is 6.92 Å². The Kier molecular flexibility index (Phi) is 3.81. The van der Waals surface area contributed by atoms with Crippen LogP contribution < -0.4 is 0 Å². The van der Waals surface area contributed by atoms with Crippen LogP contribution in [0.2, 0.25) is 0 Å². The highest BCUT2D eigenvalue weighted by Crippen LogP contribution is 2.16. The smallest absolute Gasteiger partial charge is 0.0659 e. The van der Waals surface area contributed by atoms with Crippen LogP contribution in [0, 0.1) is 6.92 Å². The molecule has 2 aromatic carbocycles. The molecule has 0 aliphatic carbocycles. The number of aryl methyl sites for hydroxylation is 1. The van der Waals surface area contributed by atoms with Crippen LogP contribution in [0.15, 0.2) is 64.6 Å². The summed E-state index contributed by atoms with van der Waals surface area (Å²) in [4.78, 5) is 8.62. The third-order valence-corrected chi connectivity index (χ3v) is 2.38. The third-order valence-electron chi connectivity index (χ3n) is 2.38. The van der Waals surface area contributed by atoms with Crippen molar-refractivity contribution in [3.05, 3.63) is 60.2 Å². The first-order valence-corrected chi connectivity index (χ1v) is 5.53. The van der Waals surface area contributed by atoms with Gasteiger partial charge in [-0.3, -0.25) is 9.98 Å². The zero-order valence-electron chi connectivity index (χ0n) is 9.75. The lowest BCUT2D eigenvalue weighted by molar-refractivity contribution is 1.41. The van der Waals surface area contributed by atoms with E-state index in [1.54, 1.807) is 12.4 Å². The van der Waals surface area contributed by atoms with E-state index in [9.17, 15) is 0 Å². The Morgan fingerprint density at radius 3 is 2.18 bits per heavy atom. The molecule has 0 spiro atoms. The summed E-state index contributed by atoms with van der Waals surface area (Å²) in [7, 11) is 0. The van der Waals surface area contributed by atoms with Crippen LogP contribution >= 0.6 is 0 Å². The standard InChI is InChI=1S/C15H14N2/c1-13-7-5-6-10-15(13)17-12-11-16-14-8-3-2-4-9-14/h2-12H,1H3/b16-11+,17-12+. The number of aliphatic imine (C=N–C) groups is 2. The zero-order valence-corrected chi connectivity index (χ0v) is 9.75. The van der Waals surface area contributed by atoms with Crippen molar-refractivity contribution < 1.29 is 0 Å². The highest BCUT2D eigenvalue weighted by molar-refractivity contribution is 6.17. The summed E-state index contributed by atoms with van der Waals surface area (Å²) in [6.45, 7) is 2.04. The minimum absolute atomic E-state index is 0.934. The summed E-state index contributed by atoms with van der Waals surface area (Å²) in [6.07, 6.45) is 3.43. The Morgan fingerprint density at radius 2 is 1.41 bits per heavy atom. The second kappa shape index (κ2) is 5.75. The van der Waals surface area contributed by atoms with Crippen LogP contribution in [-0.4, -0.2) is 12.4 Å². The average molecular weight is 222 g/mol. The fourth-order valence-corrected chi connectivity index (χ4v) is 1.46. The topological polar surface area (TPSA) is 24.7 Å². The van der Waals surface area contributed by atoms with Gasteiger partial charge < -0.3 is 0 Å². The van der Waals surface area contributed by atoms with Crippen LogP contribution in [-0.2, 0) is 0 Å². The number of hydrogen-bond donors (Lipinski definition) is 0. The van der Waals surface area contributed by atoms with Gasteiger partial charge in [-0.1, -0.05) is 36.4 Å². The van der Waals surface area contributed by atoms with Gasteiger partial charge >= 0.3 is 0 Å². The SMILES string of the molecule is Cc1ccccc1/N=C/C=N/c1ccccc1. The van der Waals surface area contributed by atoms with Gasteiger partial charge in [-0.15, -0.1) is 0 Å². The molecule has 2 rings (SSSR count). The molecule has 0 bridgehead atoms. The number of para-hydroxylation sites is 2. The van der Waals surface area contributed by atoms with Gasteiger partial charge in [-0.2, -0.15) is 0 Å². The lowest BCUT2D eigenvalue weighted by Crippen LogP contribution is -1.77. The number of nitrogens with zero attached hydrogens (tertiary/aromatic N) is 2. The maximum absolute atomic E-state index is 4.35. The molecular formula is C15H14N2. The summed E-state index contributed by atoms with van der Waals surface area (Å²) in [5.74, 6) is 0. The molecule has 2 aromatic rings. The van der Waals surface area contributed by atoms with Crippen molar-refractivity contribution in [2.75, 3.05) is 0 Å². The molecule has 2 heteroatoms. The lowest BCUT2D eigenvalue weighted by atomic mass is 10.2. The molecule has 0 aliphatic rings. The van der Waals surface area contributed by atoms with E-state index < -0.39 is 0 Å². The Morgan fingerprint density at radius 1 is 0.765 bits per heavy atom. The summed E-state index contributed by atoms with van der Waals surface area (Å²) >= 11 is 0. The predicted molar refractivity (Wildman–Crippen MR) is 73.9 cm³/mol. The molecule has 0 saturated carbocycles. The predicted octanol–water partition coefficient (Wildman–Crippen LogP) is 4.10. The first kappa shape index (κ1) is 11.3. The lowest BCUT2D eigenvalue weighted by Gasteiger charge is -1.96. The molecule has 0 atom stereocenters. The molecule has 0 aromatic heterocycles. The summed E-state index contributed by atoms with van der Waals surface area (Å²) in [6, 6.07) is 17.8. The molecule has 2 nitrogen and oxygen atoms in total. The van der Waals surface area contributed by atoms with E-state index in [0.717, 1.165) is 16.9 Å². The largest absolute Gasteiger partial charge is 0.255 e. The maximum atomic E-state index is 4.35. The molecule has 0 heterocycles. The Labute approximate surface area is 101 Å². The summed E-state index contributed by atoms with van der Waals surface area (Å²) < 4.78 is 0. The van der Waals surface area contributed by atoms with Crippen LogP contribution in [0.5, 0.6) is 0 Å². The van der Waals surface area contributed by atoms with Gasteiger partial charge in [-0.05, 0) is 30.7 Å². The van der Waals surface area contributed by atoms with Gasteiger partial charge in [0.2, 0.25) is 0 Å². The zero-order chi connectivity index (χ0) is 11.9. The van der Waals surface area contributed by atoms with E-state index >= 15 is 0 Å². The van der Waals surface area contributed by atoms with Crippen molar-refractivity contribution in [3.63, 3.8) is 0 Å². The second-order valence-electron chi connectivity index (χ2n) is 3.68. The van der Waals surface area contributed by atoms with Crippen LogP contribution in [0.3, 0.4) is 0 Å². The van der Waals surface area contributed by atoms with Crippen molar-refractivity contribution in [1.29, 1.82) is 0 Å². The molecule has 0 fully saturated rings. The third kappa shape index (κ3) is 3.38. The summed E-state index contributed by atoms with van der Waals surface area (Å²) in [5, 5.41) is 0. The monoisotopic (exact) mass is 222 g/mol. The molecule has 17 heavy (non-hydrogen) atoms. The molecule has 0 amide bonds. The minimum atomic E-state index is 0.934. The van der Waals surface area contributed by atoms with Crippen molar-refractivity contribution >= 4 is 23.8 Å². The van der Waals surface area contributed by atoms with E-state index in [1.807, 2.05) is 61.5 Å². The molecule has 0 aliphatic heterocycles. The quantitative estimate of drug-likeness (QED) is 0.698. The highest BCUT2D eigenvalue weighted by Gasteiger charge is 1.90. The molecule has 0 radical (unpaired) electrons. The second-order valence-corrected chi connectivity index (χ2v) is 3.68. The van der Waals surface area contributed by atoms with Crippen LogP contribution in [0.1, 0.15) is 5.56 Å². The van der Waals surface area contributed by atoms with E-state index in [0.29, 0.717) is 0 Å². The van der Waals surface area contributed by atoms with Gasteiger partial charge in [0.15, 0.2) is 0 Å². The highest BCUT2D eigenvalue weighted by atomic mass is 14.8. The minimum Gasteiger partial charge on any atom is -0.255 e. The molecule has 0 saturated heterocycles. The molecule has 0 unspecified atom stereocenters.